The molecule has 0 bridgehead atoms. The van der Waals surface area contributed by atoms with Gasteiger partial charge in [0.25, 0.3) is 0 Å². The average molecular weight is 283 g/mol. The van der Waals surface area contributed by atoms with E-state index in [1.165, 1.54) is 23.4 Å². The Kier molecular flexibility index (Phi) is 7.14. The van der Waals surface area contributed by atoms with Gasteiger partial charge in [-0.25, -0.2) is 4.58 Å². The first-order valence-corrected chi connectivity index (χ1v) is 7.52. The summed E-state index contributed by atoms with van der Waals surface area (Å²) in [5.41, 5.74) is 1.20. The Labute approximate surface area is 120 Å². The number of halogens is 1. The van der Waals surface area contributed by atoms with Crippen molar-refractivity contribution < 1.29 is 4.58 Å². The molecule has 0 spiro atoms. The second-order valence-electron chi connectivity index (χ2n) is 4.34. The Morgan fingerprint density at radius 3 is 2.50 bits per heavy atom. The summed E-state index contributed by atoms with van der Waals surface area (Å²) in [6.07, 6.45) is 5.91. The molecule has 0 aliphatic carbocycles. The quantitative estimate of drug-likeness (QED) is 0.325. The highest BCUT2D eigenvalue weighted by molar-refractivity contribution is 8.16. The molecule has 0 atom stereocenters. The molecule has 18 heavy (non-hydrogen) atoms. The van der Waals surface area contributed by atoms with E-state index in [2.05, 4.69) is 49.2 Å². The number of thioether (sulfide) groups is 1. The topological polar surface area (TPSA) is 3.01 Å². The maximum Gasteiger partial charge on any atom is 0.245 e. The summed E-state index contributed by atoms with van der Waals surface area (Å²) >= 11 is 7.67. The number of allylic oxidation sites excluding steroid dienone is 1. The molecule has 0 unspecified atom stereocenters. The summed E-state index contributed by atoms with van der Waals surface area (Å²) in [5.74, 6) is 0. The maximum absolute atomic E-state index is 5.91. The van der Waals surface area contributed by atoms with Crippen molar-refractivity contribution in [1.29, 1.82) is 0 Å². The van der Waals surface area contributed by atoms with Crippen LogP contribution in [-0.4, -0.2) is 23.7 Å². The van der Waals surface area contributed by atoms with Gasteiger partial charge in [0, 0.05) is 5.02 Å². The highest BCUT2D eigenvalue weighted by Gasteiger charge is 2.10. The van der Waals surface area contributed by atoms with Crippen molar-refractivity contribution in [1.82, 2.24) is 0 Å². The summed E-state index contributed by atoms with van der Waals surface area (Å²) in [5, 5.41) is 4.19. The monoisotopic (exact) mass is 282 g/mol. The zero-order valence-electron chi connectivity index (χ0n) is 11.3. The first kappa shape index (κ1) is 15.3. The Morgan fingerprint density at radius 1 is 1.28 bits per heavy atom. The van der Waals surface area contributed by atoms with Crippen LogP contribution in [0.15, 0.2) is 35.7 Å². The third-order valence-corrected chi connectivity index (χ3v) is 3.90. The van der Waals surface area contributed by atoms with Crippen LogP contribution in [-0.2, 0) is 0 Å². The number of hydrogen-bond acceptors (Lipinski definition) is 1. The van der Waals surface area contributed by atoms with Gasteiger partial charge >= 0.3 is 0 Å². The van der Waals surface area contributed by atoms with Gasteiger partial charge in [0.1, 0.15) is 14.1 Å². The predicted octanol–water partition coefficient (Wildman–Crippen LogP) is 4.80. The molecule has 1 nitrogen and oxygen atoms in total. The molecule has 1 rings (SSSR count). The third kappa shape index (κ3) is 5.28. The molecule has 0 saturated carbocycles. The third-order valence-electron chi connectivity index (χ3n) is 2.50. The van der Waals surface area contributed by atoms with E-state index in [1.54, 1.807) is 11.8 Å². The molecule has 0 radical (unpaired) electrons. The van der Waals surface area contributed by atoms with Gasteiger partial charge in [-0.05, 0) is 47.9 Å². The van der Waals surface area contributed by atoms with E-state index in [0.29, 0.717) is 0 Å². The largest absolute Gasteiger partial charge is 0.245 e. The molecule has 98 valence electrons. The van der Waals surface area contributed by atoms with Crippen molar-refractivity contribution in [3.8, 4) is 0 Å². The lowest BCUT2D eigenvalue weighted by atomic mass is 10.2. The Morgan fingerprint density at radius 2 is 1.94 bits per heavy atom. The molecule has 0 aromatic heterocycles. The van der Waals surface area contributed by atoms with Gasteiger partial charge in [0.15, 0.2) is 0 Å². The minimum absolute atomic E-state index is 0.778. The lowest BCUT2D eigenvalue weighted by molar-refractivity contribution is -0.460. The summed E-state index contributed by atoms with van der Waals surface area (Å²) in [4.78, 5) is 0. The Hall–Kier alpha value is -0.730. The molecule has 0 N–H and O–H groups in total. The standard InChI is InChI=1S/C15H21ClNS/c1-4-5-6-7-12-18-15(17(2)3)13-8-10-14(16)11-9-13/h7-12H,4-6H2,1-3H3/q+1/b12-7-. The van der Waals surface area contributed by atoms with Crippen LogP contribution in [0.5, 0.6) is 0 Å². The first-order chi connectivity index (χ1) is 8.65. The fourth-order valence-corrected chi connectivity index (χ4v) is 2.50. The van der Waals surface area contributed by atoms with Crippen LogP contribution in [0.3, 0.4) is 0 Å². The van der Waals surface area contributed by atoms with E-state index in [1.807, 2.05) is 12.1 Å². The first-order valence-electron chi connectivity index (χ1n) is 6.27. The van der Waals surface area contributed by atoms with E-state index >= 15 is 0 Å². The zero-order valence-corrected chi connectivity index (χ0v) is 12.9. The van der Waals surface area contributed by atoms with Crippen LogP contribution >= 0.6 is 23.4 Å². The van der Waals surface area contributed by atoms with E-state index in [4.69, 9.17) is 11.6 Å². The summed E-state index contributed by atoms with van der Waals surface area (Å²) < 4.78 is 2.14. The second-order valence-corrected chi connectivity index (χ2v) is 5.67. The van der Waals surface area contributed by atoms with Gasteiger partial charge in [-0.2, -0.15) is 0 Å². The van der Waals surface area contributed by atoms with Gasteiger partial charge in [-0.3, -0.25) is 0 Å². The van der Waals surface area contributed by atoms with E-state index in [9.17, 15) is 0 Å². The molecule has 0 saturated heterocycles. The number of hydrogen-bond donors (Lipinski definition) is 0. The van der Waals surface area contributed by atoms with E-state index < -0.39 is 0 Å². The second kappa shape index (κ2) is 8.39. The zero-order chi connectivity index (χ0) is 13.4. The normalized spacial score (nSPS) is 10.9. The number of rotatable bonds is 5. The van der Waals surface area contributed by atoms with Crippen LogP contribution < -0.4 is 0 Å². The van der Waals surface area contributed by atoms with Crippen molar-refractivity contribution in [2.45, 2.75) is 26.2 Å². The highest BCUT2D eigenvalue weighted by atomic mass is 35.5. The van der Waals surface area contributed by atoms with Crippen LogP contribution in [0.1, 0.15) is 31.7 Å². The Bertz CT molecular complexity index is 417. The molecule has 0 amide bonds. The van der Waals surface area contributed by atoms with E-state index in [0.717, 1.165) is 11.4 Å². The fourth-order valence-electron chi connectivity index (χ4n) is 1.53. The van der Waals surface area contributed by atoms with Crippen molar-refractivity contribution in [2.75, 3.05) is 14.1 Å². The number of benzene rings is 1. The SMILES string of the molecule is CCCC/C=C\SC(c1ccc(Cl)cc1)=[N+](C)C. The minimum atomic E-state index is 0.778. The van der Waals surface area contributed by atoms with Gasteiger partial charge < -0.3 is 0 Å². The smallest absolute Gasteiger partial charge is 0.229 e. The molecule has 1 aromatic carbocycles. The molecular formula is C15H21ClNS+. The van der Waals surface area contributed by atoms with Gasteiger partial charge in [-0.1, -0.05) is 37.4 Å². The minimum Gasteiger partial charge on any atom is -0.229 e. The number of nitrogens with zero attached hydrogens (tertiary/aromatic N) is 1. The van der Waals surface area contributed by atoms with Crippen LogP contribution in [0.2, 0.25) is 5.02 Å². The predicted molar refractivity (Wildman–Crippen MR) is 83.9 cm³/mol. The van der Waals surface area contributed by atoms with E-state index in [-0.39, 0.29) is 0 Å². The van der Waals surface area contributed by atoms with Crippen LogP contribution in [0.4, 0.5) is 0 Å². The van der Waals surface area contributed by atoms with Crippen molar-refractivity contribution in [3.63, 3.8) is 0 Å². The van der Waals surface area contributed by atoms with Crippen LogP contribution in [0.25, 0.3) is 0 Å². The molecule has 0 heterocycles. The molecule has 0 fully saturated rings. The number of unbranched alkanes of at least 4 members (excludes halogenated alkanes) is 2. The van der Waals surface area contributed by atoms with Crippen molar-refractivity contribution in [2.24, 2.45) is 0 Å². The summed E-state index contributed by atoms with van der Waals surface area (Å²) in [6, 6.07) is 7.98. The average Bonchev–Trinajstić information content (AvgIpc) is 2.35. The lowest BCUT2D eigenvalue weighted by Crippen LogP contribution is -2.10. The molecule has 3 heteroatoms. The van der Waals surface area contributed by atoms with Gasteiger partial charge in [0.2, 0.25) is 5.04 Å². The fraction of sp³-hybridized carbons (Fsp3) is 0.400. The van der Waals surface area contributed by atoms with Crippen molar-refractivity contribution >= 4 is 28.4 Å². The van der Waals surface area contributed by atoms with Crippen molar-refractivity contribution in [3.05, 3.63) is 46.3 Å². The highest BCUT2D eigenvalue weighted by Crippen LogP contribution is 2.17. The van der Waals surface area contributed by atoms with Gasteiger partial charge in [-0.15, -0.1) is 0 Å². The molecule has 0 aliphatic rings. The summed E-state index contributed by atoms with van der Waals surface area (Å²) in [7, 11) is 4.13. The van der Waals surface area contributed by atoms with Gasteiger partial charge in [0.05, 0.1) is 5.56 Å². The molecular weight excluding hydrogens is 262 g/mol. The Balaban J connectivity index is 2.70. The molecule has 0 aliphatic heterocycles. The molecule has 1 aromatic rings. The lowest BCUT2D eigenvalue weighted by Gasteiger charge is -2.01. The summed E-state index contributed by atoms with van der Waals surface area (Å²) in [6.45, 7) is 2.21. The van der Waals surface area contributed by atoms with Crippen LogP contribution in [0, 0.1) is 0 Å². The maximum atomic E-state index is 5.91.